The molecule has 0 aromatic heterocycles. The fourth-order valence-electron chi connectivity index (χ4n) is 2.94. The average Bonchev–Trinajstić information content (AvgIpc) is 2.62. The van der Waals surface area contributed by atoms with E-state index in [0.29, 0.717) is 18.8 Å². The molecule has 1 heterocycles. The summed E-state index contributed by atoms with van der Waals surface area (Å²) in [6, 6.07) is 5.11. The van der Waals surface area contributed by atoms with E-state index >= 15 is 0 Å². The highest BCUT2D eigenvalue weighted by Gasteiger charge is 2.25. The summed E-state index contributed by atoms with van der Waals surface area (Å²) in [6.45, 7) is 0.323. The number of benzene rings is 1. The molecule has 25 heavy (non-hydrogen) atoms. The molecule has 0 amide bonds. The molecule has 1 aliphatic heterocycles. The number of hydrogen-bond donors (Lipinski definition) is 0. The van der Waals surface area contributed by atoms with E-state index in [4.69, 9.17) is 15.0 Å². The van der Waals surface area contributed by atoms with Crippen molar-refractivity contribution >= 4 is 9.84 Å². The highest BCUT2D eigenvalue weighted by Crippen LogP contribution is 2.26. The van der Waals surface area contributed by atoms with Crippen LogP contribution < -0.4 is 0 Å². The Morgan fingerprint density at radius 2 is 2.00 bits per heavy atom. The highest BCUT2D eigenvalue weighted by molar-refractivity contribution is 7.91. The van der Waals surface area contributed by atoms with Gasteiger partial charge in [0.1, 0.15) is 6.67 Å². The van der Waals surface area contributed by atoms with Gasteiger partial charge in [-0.2, -0.15) is 0 Å². The van der Waals surface area contributed by atoms with Gasteiger partial charge in [-0.3, -0.25) is 4.39 Å². The lowest BCUT2D eigenvalue weighted by atomic mass is 10.0. The number of azide groups is 1. The SMILES string of the molecule is CO[C@H](c1ccc(S(=O)(=O)CC2CCOCC2)cc1)[C@@H](CF)N=[N+]=[N-]. The van der Waals surface area contributed by atoms with Gasteiger partial charge >= 0.3 is 0 Å². The van der Waals surface area contributed by atoms with Crippen molar-refractivity contribution in [3.63, 3.8) is 0 Å². The summed E-state index contributed by atoms with van der Waals surface area (Å²) in [5.74, 6) is 0.195. The zero-order valence-electron chi connectivity index (χ0n) is 14.0. The van der Waals surface area contributed by atoms with Crippen molar-refractivity contribution in [1.29, 1.82) is 0 Å². The third-order valence-corrected chi connectivity index (χ3v) is 6.23. The van der Waals surface area contributed by atoms with E-state index in [-0.39, 0.29) is 16.6 Å². The fraction of sp³-hybridized carbons (Fsp3) is 0.625. The topological polar surface area (TPSA) is 101 Å². The second kappa shape index (κ2) is 9.15. The van der Waals surface area contributed by atoms with Crippen LogP contribution in [-0.4, -0.2) is 47.2 Å². The first kappa shape index (κ1) is 19.7. The molecule has 1 fully saturated rings. The third kappa shape index (κ3) is 5.15. The summed E-state index contributed by atoms with van der Waals surface area (Å²) in [5, 5.41) is 3.39. The molecule has 0 bridgehead atoms. The van der Waals surface area contributed by atoms with E-state index in [1.807, 2.05) is 0 Å². The van der Waals surface area contributed by atoms with Crippen LogP contribution in [0.4, 0.5) is 4.39 Å². The largest absolute Gasteiger partial charge is 0.381 e. The third-order valence-electron chi connectivity index (χ3n) is 4.33. The molecule has 0 N–H and O–H groups in total. The molecule has 1 aliphatic rings. The Kier molecular flexibility index (Phi) is 7.19. The van der Waals surface area contributed by atoms with Gasteiger partial charge in [0, 0.05) is 25.2 Å². The number of alkyl halides is 1. The summed E-state index contributed by atoms with van der Waals surface area (Å²) >= 11 is 0. The van der Waals surface area contributed by atoms with Crippen LogP contribution in [0.5, 0.6) is 0 Å². The Labute approximate surface area is 146 Å². The minimum absolute atomic E-state index is 0.0925. The van der Waals surface area contributed by atoms with Crippen molar-refractivity contribution in [2.24, 2.45) is 11.0 Å². The zero-order chi connectivity index (χ0) is 18.3. The van der Waals surface area contributed by atoms with Crippen molar-refractivity contribution in [2.75, 3.05) is 32.8 Å². The van der Waals surface area contributed by atoms with Crippen LogP contribution >= 0.6 is 0 Å². The van der Waals surface area contributed by atoms with Crippen molar-refractivity contribution in [3.8, 4) is 0 Å². The van der Waals surface area contributed by atoms with Crippen LogP contribution in [0.15, 0.2) is 34.3 Å². The fourth-order valence-corrected chi connectivity index (χ4v) is 4.64. The van der Waals surface area contributed by atoms with E-state index in [0.717, 1.165) is 12.8 Å². The number of rotatable bonds is 8. The van der Waals surface area contributed by atoms with Gasteiger partial charge in [-0.25, -0.2) is 8.42 Å². The molecule has 0 saturated carbocycles. The second-order valence-corrected chi connectivity index (χ2v) is 8.02. The van der Waals surface area contributed by atoms with Crippen LogP contribution in [0, 0.1) is 5.92 Å². The Hall–Kier alpha value is -1.67. The van der Waals surface area contributed by atoms with E-state index in [9.17, 15) is 12.8 Å². The number of ether oxygens (including phenoxy) is 2. The average molecular weight is 371 g/mol. The Morgan fingerprint density at radius 3 is 2.52 bits per heavy atom. The Morgan fingerprint density at radius 1 is 1.36 bits per heavy atom. The van der Waals surface area contributed by atoms with Crippen molar-refractivity contribution in [3.05, 3.63) is 40.3 Å². The molecule has 2 atom stereocenters. The molecular formula is C16H22FN3O4S. The van der Waals surface area contributed by atoms with E-state index < -0.39 is 28.7 Å². The molecule has 0 radical (unpaired) electrons. The van der Waals surface area contributed by atoms with Gasteiger partial charge in [-0.1, -0.05) is 17.2 Å². The molecular weight excluding hydrogens is 349 g/mol. The number of sulfone groups is 1. The standard InChI is InChI=1S/C16H22FN3O4S/c1-23-16(15(10-17)19-20-18)13-2-4-14(5-3-13)25(21,22)11-12-6-8-24-9-7-12/h2-5,12,15-16H,6-11H2,1H3/t15-,16-/m1/s1. The first-order chi connectivity index (χ1) is 12.0. The Bertz CT molecular complexity index is 699. The van der Waals surface area contributed by atoms with Crippen molar-refractivity contribution < 1.29 is 22.3 Å². The minimum Gasteiger partial charge on any atom is -0.381 e. The van der Waals surface area contributed by atoms with Gasteiger partial charge < -0.3 is 9.47 Å². The molecule has 0 unspecified atom stereocenters. The molecule has 0 aliphatic carbocycles. The second-order valence-electron chi connectivity index (χ2n) is 5.99. The quantitative estimate of drug-likeness (QED) is 0.398. The maximum absolute atomic E-state index is 13.0. The van der Waals surface area contributed by atoms with Crippen LogP contribution in [0.2, 0.25) is 0 Å². The maximum atomic E-state index is 13.0. The van der Waals surface area contributed by atoms with Crippen LogP contribution in [-0.2, 0) is 19.3 Å². The van der Waals surface area contributed by atoms with Gasteiger partial charge in [0.25, 0.3) is 0 Å². The van der Waals surface area contributed by atoms with Gasteiger partial charge in [-0.05, 0) is 42.0 Å². The number of hydrogen-bond acceptors (Lipinski definition) is 5. The lowest BCUT2D eigenvalue weighted by molar-refractivity contribution is 0.0720. The van der Waals surface area contributed by atoms with E-state index in [1.54, 1.807) is 12.1 Å². The first-order valence-corrected chi connectivity index (χ1v) is 9.70. The molecule has 1 aromatic rings. The molecule has 2 rings (SSSR count). The zero-order valence-corrected chi connectivity index (χ0v) is 14.9. The lowest BCUT2D eigenvalue weighted by Crippen LogP contribution is -2.23. The number of methoxy groups -OCH3 is 1. The molecule has 1 saturated heterocycles. The van der Waals surface area contributed by atoms with Crippen LogP contribution in [0.3, 0.4) is 0 Å². The molecule has 1 aromatic carbocycles. The monoisotopic (exact) mass is 371 g/mol. The number of nitrogens with zero attached hydrogens (tertiary/aromatic N) is 3. The van der Waals surface area contributed by atoms with Crippen LogP contribution in [0.1, 0.15) is 24.5 Å². The predicted octanol–water partition coefficient (Wildman–Crippen LogP) is 3.22. The van der Waals surface area contributed by atoms with E-state index in [1.165, 1.54) is 19.2 Å². The van der Waals surface area contributed by atoms with E-state index in [2.05, 4.69) is 10.0 Å². The maximum Gasteiger partial charge on any atom is 0.178 e. The normalized spacial score (nSPS) is 18.3. The summed E-state index contributed by atoms with van der Waals surface area (Å²) in [4.78, 5) is 2.84. The van der Waals surface area contributed by atoms with Gasteiger partial charge in [0.2, 0.25) is 0 Å². The molecule has 7 nitrogen and oxygen atoms in total. The summed E-state index contributed by atoms with van der Waals surface area (Å²) in [5.41, 5.74) is 9.07. The molecule has 0 spiro atoms. The van der Waals surface area contributed by atoms with Gasteiger partial charge in [0.05, 0.1) is 22.8 Å². The lowest BCUT2D eigenvalue weighted by Gasteiger charge is -2.22. The van der Waals surface area contributed by atoms with Gasteiger partial charge in [0.15, 0.2) is 9.84 Å². The minimum atomic E-state index is -3.40. The summed E-state index contributed by atoms with van der Waals surface area (Å²) in [6.07, 6.45) is 0.717. The first-order valence-electron chi connectivity index (χ1n) is 8.05. The highest BCUT2D eigenvalue weighted by atomic mass is 32.2. The van der Waals surface area contributed by atoms with Gasteiger partial charge in [-0.15, -0.1) is 0 Å². The van der Waals surface area contributed by atoms with Crippen molar-refractivity contribution in [2.45, 2.75) is 29.9 Å². The van der Waals surface area contributed by atoms with Crippen LogP contribution in [0.25, 0.3) is 10.4 Å². The predicted molar refractivity (Wildman–Crippen MR) is 90.7 cm³/mol. The Balaban J connectivity index is 2.15. The summed E-state index contributed by atoms with van der Waals surface area (Å²) in [7, 11) is -2.01. The van der Waals surface area contributed by atoms with Crippen molar-refractivity contribution in [1.82, 2.24) is 0 Å². The molecule has 138 valence electrons. The summed E-state index contributed by atoms with van der Waals surface area (Å²) < 4.78 is 48.6. The molecule has 9 heteroatoms. The number of halogens is 1. The smallest absolute Gasteiger partial charge is 0.178 e.